The largest absolute Gasteiger partial charge is 0.508 e. The minimum absolute atomic E-state index is 0.135. The van der Waals surface area contributed by atoms with Crippen molar-refractivity contribution in [2.45, 2.75) is 12.5 Å². The summed E-state index contributed by atoms with van der Waals surface area (Å²) in [6.07, 6.45) is 1.79. The summed E-state index contributed by atoms with van der Waals surface area (Å²) < 4.78 is 0. The molecule has 0 saturated heterocycles. The van der Waals surface area contributed by atoms with Gasteiger partial charge in [-0.15, -0.1) is 0 Å². The van der Waals surface area contributed by atoms with E-state index in [1.54, 1.807) is 12.1 Å². The van der Waals surface area contributed by atoms with E-state index in [1.807, 2.05) is 0 Å². The summed E-state index contributed by atoms with van der Waals surface area (Å²) in [7, 11) is 0. The fourth-order valence-corrected chi connectivity index (χ4v) is 1.47. The molecule has 0 bridgehead atoms. The molecule has 1 atom stereocenters. The van der Waals surface area contributed by atoms with E-state index in [4.69, 9.17) is 10.8 Å². The maximum Gasteiger partial charge on any atom is 0.239 e. The van der Waals surface area contributed by atoms with E-state index in [0.29, 0.717) is 0 Å². The van der Waals surface area contributed by atoms with Crippen LogP contribution in [0.5, 0.6) is 5.75 Å². The van der Waals surface area contributed by atoms with Crippen LogP contribution in [0.3, 0.4) is 0 Å². The second-order valence-corrected chi connectivity index (χ2v) is 4.12. The van der Waals surface area contributed by atoms with Gasteiger partial charge in [0.1, 0.15) is 5.75 Å². The van der Waals surface area contributed by atoms with Crippen LogP contribution in [0, 0.1) is 0 Å². The third-order valence-electron chi connectivity index (χ3n) is 2.51. The number of carbonyl (C=O) groups is 2. The lowest BCUT2D eigenvalue weighted by Crippen LogP contribution is -2.46. The zero-order valence-electron chi connectivity index (χ0n) is 10.8. The molecule has 0 unspecified atom stereocenters. The zero-order chi connectivity index (χ0) is 15.0. The fraction of sp³-hybridized carbons (Fsp3) is 0.308. The maximum absolute atomic E-state index is 11.6. The van der Waals surface area contributed by atoms with Gasteiger partial charge in [-0.05, 0) is 24.1 Å². The highest BCUT2D eigenvalue weighted by atomic mass is 16.3. The second-order valence-electron chi connectivity index (χ2n) is 4.12. The number of amides is 2. The van der Waals surface area contributed by atoms with Gasteiger partial charge in [-0.25, -0.2) is 0 Å². The van der Waals surface area contributed by atoms with Crippen molar-refractivity contribution in [1.82, 2.24) is 10.6 Å². The summed E-state index contributed by atoms with van der Waals surface area (Å²) in [6.45, 7) is -0.460. The molecule has 20 heavy (non-hydrogen) atoms. The zero-order valence-corrected chi connectivity index (χ0v) is 10.8. The Labute approximate surface area is 116 Å². The Morgan fingerprint density at radius 2 is 1.90 bits per heavy atom. The van der Waals surface area contributed by atoms with Crippen LogP contribution < -0.4 is 16.4 Å². The highest BCUT2D eigenvalue weighted by Crippen LogP contribution is 2.10. The molecule has 0 aliphatic carbocycles. The smallest absolute Gasteiger partial charge is 0.239 e. The third-order valence-corrected chi connectivity index (χ3v) is 2.51. The van der Waals surface area contributed by atoms with Crippen molar-refractivity contribution in [1.29, 1.82) is 0 Å². The molecule has 0 fully saturated rings. The molecule has 1 aromatic carbocycles. The van der Waals surface area contributed by atoms with E-state index in [-0.39, 0.29) is 25.3 Å². The van der Waals surface area contributed by atoms with Crippen LogP contribution in [0.25, 0.3) is 0 Å². The molecule has 0 saturated carbocycles. The van der Waals surface area contributed by atoms with E-state index < -0.39 is 17.9 Å². The first-order valence-electron chi connectivity index (χ1n) is 5.96. The van der Waals surface area contributed by atoms with E-state index in [9.17, 15) is 14.4 Å². The van der Waals surface area contributed by atoms with Crippen molar-refractivity contribution in [2.75, 3.05) is 13.1 Å². The normalized spacial score (nSPS) is 11.4. The summed E-state index contributed by atoms with van der Waals surface area (Å²) in [4.78, 5) is 32.7. The molecule has 7 heteroatoms. The minimum atomic E-state index is -0.801. The van der Waals surface area contributed by atoms with E-state index in [1.165, 1.54) is 18.4 Å². The van der Waals surface area contributed by atoms with Gasteiger partial charge >= 0.3 is 0 Å². The molecular weight excluding hydrogens is 262 g/mol. The lowest BCUT2D eigenvalue weighted by molar-refractivity contribution is -0.126. The van der Waals surface area contributed by atoms with Crippen molar-refractivity contribution in [3.63, 3.8) is 0 Å². The fourth-order valence-electron chi connectivity index (χ4n) is 1.47. The summed E-state index contributed by atoms with van der Waals surface area (Å²) in [5.74, 6) is -0.822. The quantitative estimate of drug-likeness (QED) is 0.489. The Hall–Kier alpha value is -2.41. The van der Waals surface area contributed by atoms with Crippen molar-refractivity contribution in [2.24, 2.45) is 5.73 Å². The maximum atomic E-state index is 11.6. The average Bonchev–Trinajstić information content (AvgIpc) is 2.44. The van der Waals surface area contributed by atoms with Gasteiger partial charge in [-0.2, -0.15) is 0 Å². The number of hydrogen-bond acceptors (Lipinski definition) is 5. The molecule has 7 nitrogen and oxygen atoms in total. The molecule has 0 aliphatic rings. The van der Waals surface area contributed by atoms with E-state index >= 15 is 0 Å². The lowest BCUT2D eigenvalue weighted by atomic mass is 10.1. The van der Waals surface area contributed by atoms with Gasteiger partial charge in [-0.1, -0.05) is 12.1 Å². The molecule has 5 N–H and O–H groups in total. The molecule has 2 amide bonds. The molecule has 1 rings (SSSR count). The molecule has 0 heterocycles. The summed E-state index contributed by atoms with van der Waals surface area (Å²) >= 11 is 0. The number of phenols is 1. The standard InChI is InChI=1S/C13H16N3O4/c14-11(7-9-1-3-10(18)4-2-9)13(20)16-8-12(19)15-5-6-17/h1-4,11,18H,5,7-8,14H2,(H,15,19)(H,16,20)/t11-/m0/s1. The van der Waals surface area contributed by atoms with Gasteiger partial charge in [0.25, 0.3) is 0 Å². The first-order chi connectivity index (χ1) is 9.52. The number of rotatable bonds is 7. The monoisotopic (exact) mass is 278 g/mol. The summed E-state index contributed by atoms with van der Waals surface area (Å²) in [6, 6.07) is 5.53. The van der Waals surface area contributed by atoms with Crippen LogP contribution in [-0.2, 0) is 20.8 Å². The number of aromatic hydroxyl groups is 1. The van der Waals surface area contributed by atoms with Gasteiger partial charge < -0.3 is 21.5 Å². The van der Waals surface area contributed by atoms with Gasteiger partial charge in [-0.3, -0.25) is 14.4 Å². The Morgan fingerprint density at radius 3 is 2.50 bits per heavy atom. The topological polar surface area (TPSA) is 122 Å². The molecule has 0 spiro atoms. The van der Waals surface area contributed by atoms with Gasteiger partial charge in [0, 0.05) is 0 Å². The lowest BCUT2D eigenvalue weighted by Gasteiger charge is -2.12. The number of phenolic OH excluding ortho intramolecular Hbond substituents is 1. The van der Waals surface area contributed by atoms with Crippen LogP contribution in [0.4, 0.5) is 0 Å². The second kappa shape index (κ2) is 7.90. The highest BCUT2D eigenvalue weighted by molar-refractivity contribution is 5.88. The summed E-state index contributed by atoms with van der Waals surface area (Å²) in [5.41, 5.74) is 6.50. The van der Waals surface area contributed by atoms with Crippen LogP contribution in [0.15, 0.2) is 24.3 Å². The van der Waals surface area contributed by atoms with Gasteiger partial charge in [0.15, 0.2) is 0 Å². The molecule has 1 aromatic rings. The Bertz CT molecular complexity index is 473. The van der Waals surface area contributed by atoms with E-state index in [2.05, 4.69) is 10.6 Å². The van der Waals surface area contributed by atoms with Gasteiger partial charge in [0.2, 0.25) is 18.1 Å². The van der Waals surface area contributed by atoms with Crippen molar-refractivity contribution in [3.05, 3.63) is 29.8 Å². The Kier molecular flexibility index (Phi) is 6.18. The predicted octanol–water partition coefficient (Wildman–Crippen LogP) is -1.40. The Morgan fingerprint density at radius 1 is 1.25 bits per heavy atom. The van der Waals surface area contributed by atoms with Gasteiger partial charge in [0.05, 0.1) is 19.1 Å². The van der Waals surface area contributed by atoms with E-state index in [0.717, 1.165) is 5.56 Å². The SMILES string of the molecule is N[C@@H](Cc1ccc(O)cc1)C(=O)NCC(=O)NC[C]=O. The average molecular weight is 278 g/mol. The summed E-state index contributed by atoms with van der Waals surface area (Å²) in [5, 5.41) is 13.7. The molecular formula is C13H16N3O4. The van der Waals surface area contributed by atoms with Crippen LogP contribution in [0.1, 0.15) is 5.56 Å². The first-order valence-corrected chi connectivity index (χ1v) is 5.96. The number of hydrogen-bond donors (Lipinski definition) is 4. The molecule has 1 radical (unpaired) electrons. The minimum Gasteiger partial charge on any atom is -0.508 e. The first kappa shape index (κ1) is 15.6. The number of nitrogens with two attached hydrogens (primary N) is 1. The predicted molar refractivity (Wildman–Crippen MR) is 71.5 cm³/mol. The molecule has 0 aromatic heterocycles. The van der Waals surface area contributed by atoms with Crippen LogP contribution >= 0.6 is 0 Å². The number of nitrogens with one attached hydrogen (secondary N) is 2. The Balaban J connectivity index is 2.37. The van der Waals surface area contributed by atoms with Crippen LogP contribution in [0.2, 0.25) is 0 Å². The van der Waals surface area contributed by atoms with Crippen molar-refractivity contribution >= 4 is 18.1 Å². The van der Waals surface area contributed by atoms with Crippen LogP contribution in [-0.4, -0.2) is 42.3 Å². The molecule has 107 valence electrons. The van der Waals surface area contributed by atoms with Crippen molar-refractivity contribution < 1.29 is 19.5 Å². The number of benzene rings is 1. The molecule has 0 aliphatic heterocycles. The number of carbonyl (C=O) groups excluding carboxylic acids is 3. The van der Waals surface area contributed by atoms with Crippen molar-refractivity contribution in [3.8, 4) is 5.75 Å². The highest BCUT2D eigenvalue weighted by Gasteiger charge is 2.14. The third kappa shape index (κ3) is 5.49.